The highest BCUT2D eigenvalue weighted by atomic mass is 35.5. The predicted octanol–water partition coefficient (Wildman–Crippen LogP) is 2.41. The standard InChI is InChI=1S/C19H29N3O3.ClH/c1-3-25-18-10-5-4-9-16(18)17(21-14(2)23)12-19(24)22-11-7-6-8-15(22)13-20;/h4-5,9-10,15,17H,3,6-8,11-13,20H2,1-2H3,(H,21,23);1H. The van der Waals surface area contributed by atoms with Crippen molar-refractivity contribution in [1.82, 2.24) is 10.2 Å². The van der Waals surface area contributed by atoms with Gasteiger partial charge in [0.15, 0.2) is 0 Å². The van der Waals surface area contributed by atoms with Gasteiger partial charge < -0.3 is 20.7 Å². The first kappa shape index (κ1) is 22.3. The van der Waals surface area contributed by atoms with Crippen LogP contribution in [0.25, 0.3) is 0 Å². The topological polar surface area (TPSA) is 84.7 Å². The van der Waals surface area contributed by atoms with Gasteiger partial charge in [0.1, 0.15) is 5.75 Å². The molecule has 1 aromatic carbocycles. The first-order valence-electron chi connectivity index (χ1n) is 9.05. The van der Waals surface area contributed by atoms with Crippen LogP contribution in [-0.4, -0.2) is 42.5 Å². The highest BCUT2D eigenvalue weighted by Crippen LogP contribution is 2.29. The molecule has 2 amide bonds. The number of nitrogens with zero attached hydrogens (tertiary/aromatic N) is 1. The fourth-order valence-electron chi connectivity index (χ4n) is 3.41. The molecule has 2 rings (SSSR count). The van der Waals surface area contributed by atoms with Crippen LogP contribution in [0, 0.1) is 0 Å². The summed E-state index contributed by atoms with van der Waals surface area (Å²) in [4.78, 5) is 26.4. The van der Waals surface area contributed by atoms with E-state index in [1.165, 1.54) is 6.92 Å². The van der Waals surface area contributed by atoms with Crippen molar-refractivity contribution < 1.29 is 14.3 Å². The van der Waals surface area contributed by atoms with Crippen LogP contribution in [0.4, 0.5) is 0 Å². The van der Waals surface area contributed by atoms with Crippen molar-refractivity contribution in [3.05, 3.63) is 29.8 Å². The van der Waals surface area contributed by atoms with Crippen LogP contribution in [0.3, 0.4) is 0 Å². The number of benzene rings is 1. The second kappa shape index (κ2) is 11.0. The average molecular weight is 384 g/mol. The van der Waals surface area contributed by atoms with Gasteiger partial charge in [0, 0.05) is 31.6 Å². The van der Waals surface area contributed by atoms with Crippen molar-refractivity contribution in [2.24, 2.45) is 5.73 Å². The van der Waals surface area contributed by atoms with Crippen LogP contribution in [0.1, 0.15) is 51.1 Å². The molecule has 0 spiro atoms. The summed E-state index contributed by atoms with van der Waals surface area (Å²) in [5.74, 6) is 0.559. The second-order valence-corrected chi connectivity index (χ2v) is 6.40. The van der Waals surface area contributed by atoms with Gasteiger partial charge in [-0.05, 0) is 32.3 Å². The number of hydrogen-bond acceptors (Lipinski definition) is 4. The molecule has 2 atom stereocenters. The third-order valence-electron chi connectivity index (χ3n) is 4.57. The van der Waals surface area contributed by atoms with E-state index in [2.05, 4.69) is 5.32 Å². The van der Waals surface area contributed by atoms with E-state index in [1.54, 1.807) is 0 Å². The molecule has 6 nitrogen and oxygen atoms in total. The van der Waals surface area contributed by atoms with Crippen LogP contribution in [-0.2, 0) is 9.59 Å². The number of ether oxygens (including phenoxy) is 1. The van der Waals surface area contributed by atoms with E-state index >= 15 is 0 Å². The maximum atomic E-state index is 12.9. The molecule has 0 bridgehead atoms. The second-order valence-electron chi connectivity index (χ2n) is 6.40. The number of carbonyl (C=O) groups is 2. The molecule has 0 saturated carbocycles. The van der Waals surface area contributed by atoms with Crippen molar-refractivity contribution in [1.29, 1.82) is 0 Å². The Bertz CT molecular complexity index is 597. The van der Waals surface area contributed by atoms with Crippen LogP contribution >= 0.6 is 12.4 Å². The van der Waals surface area contributed by atoms with E-state index in [1.807, 2.05) is 36.1 Å². The van der Waals surface area contributed by atoms with Crippen molar-refractivity contribution in [3.8, 4) is 5.75 Å². The zero-order valence-corrected chi connectivity index (χ0v) is 16.4. The van der Waals surface area contributed by atoms with E-state index in [0.717, 1.165) is 31.4 Å². The molecule has 146 valence electrons. The summed E-state index contributed by atoms with van der Waals surface area (Å²) in [5.41, 5.74) is 6.66. The van der Waals surface area contributed by atoms with Gasteiger partial charge in [0.25, 0.3) is 0 Å². The predicted molar refractivity (Wildman–Crippen MR) is 104 cm³/mol. The number of likely N-dealkylation sites (tertiary alicyclic amines) is 1. The normalized spacial score (nSPS) is 17.8. The number of hydrogen-bond donors (Lipinski definition) is 2. The number of amides is 2. The summed E-state index contributed by atoms with van der Waals surface area (Å²) in [7, 11) is 0. The summed E-state index contributed by atoms with van der Waals surface area (Å²) < 4.78 is 5.67. The van der Waals surface area contributed by atoms with Crippen LogP contribution in [0.5, 0.6) is 5.75 Å². The quantitative estimate of drug-likeness (QED) is 0.757. The van der Waals surface area contributed by atoms with Gasteiger partial charge in [0.2, 0.25) is 11.8 Å². The third kappa shape index (κ3) is 5.88. The summed E-state index contributed by atoms with van der Waals surface area (Å²) in [5, 5.41) is 2.90. The Hall–Kier alpha value is -1.79. The number of piperidine rings is 1. The monoisotopic (exact) mass is 383 g/mol. The molecule has 1 aliphatic heterocycles. The lowest BCUT2D eigenvalue weighted by atomic mass is 9.98. The fraction of sp³-hybridized carbons (Fsp3) is 0.579. The summed E-state index contributed by atoms with van der Waals surface area (Å²) >= 11 is 0. The Morgan fingerprint density at radius 1 is 1.35 bits per heavy atom. The van der Waals surface area contributed by atoms with Gasteiger partial charge in [-0.15, -0.1) is 12.4 Å². The fourth-order valence-corrected chi connectivity index (χ4v) is 3.41. The van der Waals surface area contributed by atoms with E-state index in [0.29, 0.717) is 18.9 Å². The zero-order valence-electron chi connectivity index (χ0n) is 15.6. The maximum absolute atomic E-state index is 12.9. The minimum absolute atomic E-state index is 0. The Morgan fingerprint density at radius 2 is 2.08 bits per heavy atom. The highest BCUT2D eigenvalue weighted by molar-refractivity contribution is 5.85. The molecule has 1 aliphatic rings. The van der Waals surface area contributed by atoms with Gasteiger partial charge in [-0.3, -0.25) is 9.59 Å². The molecule has 0 aromatic heterocycles. The Labute approximate surface area is 161 Å². The zero-order chi connectivity index (χ0) is 18.2. The number of rotatable bonds is 7. The molecule has 3 N–H and O–H groups in total. The smallest absolute Gasteiger partial charge is 0.225 e. The first-order chi connectivity index (χ1) is 12.1. The van der Waals surface area contributed by atoms with Crippen molar-refractivity contribution in [3.63, 3.8) is 0 Å². The van der Waals surface area contributed by atoms with E-state index in [-0.39, 0.29) is 36.7 Å². The number of para-hydroxylation sites is 1. The van der Waals surface area contributed by atoms with Gasteiger partial charge in [-0.2, -0.15) is 0 Å². The van der Waals surface area contributed by atoms with Gasteiger partial charge >= 0.3 is 0 Å². The molecule has 1 aromatic rings. The van der Waals surface area contributed by atoms with Crippen molar-refractivity contribution in [2.45, 2.75) is 51.6 Å². The van der Waals surface area contributed by atoms with Gasteiger partial charge in [-0.25, -0.2) is 0 Å². The van der Waals surface area contributed by atoms with Crippen LogP contribution < -0.4 is 15.8 Å². The SMILES string of the molecule is CCOc1ccccc1C(CC(=O)N1CCCCC1CN)NC(C)=O.Cl. The van der Waals surface area contributed by atoms with Gasteiger partial charge in [0.05, 0.1) is 19.1 Å². The summed E-state index contributed by atoms with van der Waals surface area (Å²) in [6.45, 7) is 5.12. The average Bonchev–Trinajstić information content (AvgIpc) is 2.61. The summed E-state index contributed by atoms with van der Waals surface area (Å²) in [6.07, 6.45) is 3.26. The lowest BCUT2D eigenvalue weighted by Gasteiger charge is -2.36. The molecule has 1 fully saturated rings. The molecule has 1 saturated heterocycles. The van der Waals surface area contributed by atoms with Crippen LogP contribution in [0.15, 0.2) is 24.3 Å². The molecular weight excluding hydrogens is 354 g/mol. The van der Waals surface area contributed by atoms with E-state index < -0.39 is 6.04 Å². The van der Waals surface area contributed by atoms with Crippen molar-refractivity contribution in [2.75, 3.05) is 19.7 Å². The third-order valence-corrected chi connectivity index (χ3v) is 4.57. The lowest BCUT2D eigenvalue weighted by Crippen LogP contribution is -2.48. The summed E-state index contributed by atoms with van der Waals surface area (Å²) in [6, 6.07) is 7.23. The molecule has 26 heavy (non-hydrogen) atoms. The molecule has 0 aliphatic carbocycles. The number of nitrogens with one attached hydrogen (secondary N) is 1. The lowest BCUT2D eigenvalue weighted by molar-refractivity contribution is -0.135. The number of nitrogens with two attached hydrogens (primary N) is 1. The minimum atomic E-state index is -0.409. The molecule has 0 radical (unpaired) electrons. The van der Waals surface area contributed by atoms with Gasteiger partial charge in [-0.1, -0.05) is 18.2 Å². The Kier molecular flexibility index (Phi) is 9.44. The molecule has 2 unspecified atom stereocenters. The first-order valence-corrected chi connectivity index (χ1v) is 9.05. The Balaban J connectivity index is 0.00000338. The molecule has 7 heteroatoms. The number of halogens is 1. The Morgan fingerprint density at radius 3 is 2.73 bits per heavy atom. The molecule has 1 heterocycles. The minimum Gasteiger partial charge on any atom is -0.494 e. The van der Waals surface area contributed by atoms with Crippen molar-refractivity contribution >= 4 is 24.2 Å². The van der Waals surface area contributed by atoms with E-state index in [4.69, 9.17) is 10.5 Å². The molecular formula is C19H30ClN3O3. The largest absolute Gasteiger partial charge is 0.494 e. The highest BCUT2D eigenvalue weighted by Gasteiger charge is 2.29. The maximum Gasteiger partial charge on any atom is 0.225 e. The number of carbonyl (C=O) groups excluding carboxylic acids is 2. The van der Waals surface area contributed by atoms with E-state index in [9.17, 15) is 9.59 Å². The van der Waals surface area contributed by atoms with Crippen LogP contribution in [0.2, 0.25) is 0 Å².